The fraction of sp³-hybridized carbons (Fsp3) is 0.833. The molecule has 0 heterocycles. The van der Waals surface area contributed by atoms with Gasteiger partial charge in [0.2, 0.25) is 0 Å². The van der Waals surface area contributed by atoms with Crippen molar-refractivity contribution in [3.8, 4) is 0 Å². The van der Waals surface area contributed by atoms with E-state index in [-0.39, 0.29) is 6.00 Å². The van der Waals surface area contributed by atoms with Crippen LogP contribution >= 0.6 is 23.4 Å². The molecule has 66 valence electrons. The van der Waals surface area contributed by atoms with Crippen LogP contribution in [-0.4, -0.2) is 35.1 Å². The molecule has 2 N–H and O–H groups in total. The van der Waals surface area contributed by atoms with Gasteiger partial charge in [-0.3, -0.25) is 10.1 Å². The van der Waals surface area contributed by atoms with Crippen LogP contribution in [0.25, 0.3) is 0 Å². The summed E-state index contributed by atoms with van der Waals surface area (Å²) in [6.45, 7) is 0. The van der Waals surface area contributed by atoms with Crippen molar-refractivity contribution in [2.75, 3.05) is 18.0 Å². The zero-order valence-electron chi connectivity index (χ0n) is 6.34. The Morgan fingerprint density at radius 1 is 1.82 bits per heavy atom. The van der Waals surface area contributed by atoms with E-state index in [4.69, 9.17) is 16.7 Å². The summed E-state index contributed by atoms with van der Waals surface area (Å²) in [7, 11) is 0. The lowest BCUT2D eigenvalue weighted by Gasteiger charge is -2.10. The third-order valence-corrected chi connectivity index (χ3v) is 2.03. The van der Waals surface area contributed by atoms with Gasteiger partial charge in [-0.15, -0.1) is 11.6 Å². The van der Waals surface area contributed by atoms with Crippen molar-refractivity contribution in [3.63, 3.8) is 0 Å². The standard InChI is InChI=1S/C6H12ClNO2S/c1-11-3-2-5(6(9)10)8-4-7/h5,8H,2-4H2,1H3,(H,9,10)/t5-/m0/s1. The van der Waals surface area contributed by atoms with E-state index in [9.17, 15) is 4.79 Å². The summed E-state index contributed by atoms with van der Waals surface area (Å²) < 4.78 is 0. The highest BCUT2D eigenvalue weighted by Gasteiger charge is 2.14. The third-order valence-electron chi connectivity index (χ3n) is 1.23. The van der Waals surface area contributed by atoms with Gasteiger partial charge in [0, 0.05) is 0 Å². The first-order valence-corrected chi connectivity index (χ1v) is 5.16. The van der Waals surface area contributed by atoms with Gasteiger partial charge in [-0.25, -0.2) is 0 Å². The molecule has 3 nitrogen and oxygen atoms in total. The second-order valence-corrected chi connectivity index (χ2v) is 3.26. The predicted molar refractivity (Wildman–Crippen MR) is 48.3 cm³/mol. The van der Waals surface area contributed by atoms with Crippen molar-refractivity contribution in [1.29, 1.82) is 0 Å². The monoisotopic (exact) mass is 197 g/mol. The van der Waals surface area contributed by atoms with Gasteiger partial charge in [-0.05, 0) is 18.4 Å². The topological polar surface area (TPSA) is 49.3 Å². The molecule has 0 aromatic rings. The maximum atomic E-state index is 10.5. The van der Waals surface area contributed by atoms with Gasteiger partial charge >= 0.3 is 5.97 Å². The SMILES string of the molecule is CSCC[C@H](NCCl)C(=O)O. The molecule has 0 aliphatic rings. The van der Waals surface area contributed by atoms with E-state index in [0.29, 0.717) is 6.42 Å². The number of carbonyl (C=O) groups is 1. The van der Waals surface area contributed by atoms with E-state index in [1.807, 2.05) is 6.26 Å². The lowest BCUT2D eigenvalue weighted by molar-refractivity contribution is -0.139. The van der Waals surface area contributed by atoms with Crippen LogP contribution in [0.2, 0.25) is 0 Å². The summed E-state index contributed by atoms with van der Waals surface area (Å²) in [6.07, 6.45) is 2.56. The summed E-state index contributed by atoms with van der Waals surface area (Å²) in [5.41, 5.74) is 0. The minimum Gasteiger partial charge on any atom is -0.480 e. The summed E-state index contributed by atoms with van der Waals surface area (Å²) in [5, 5.41) is 11.3. The average Bonchev–Trinajstić information content (AvgIpc) is 1.97. The number of halogens is 1. The van der Waals surface area contributed by atoms with Gasteiger partial charge in [0.1, 0.15) is 6.04 Å². The highest BCUT2D eigenvalue weighted by atomic mass is 35.5. The normalized spacial score (nSPS) is 12.9. The molecule has 0 fully saturated rings. The third kappa shape index (κ3) is 5.35. The largest absolute Gasteiger partial charge is 0.480 e. The second kappa shape index (κ2) is 6.76. The fourth-order valence-electron chi connectivity index (χ4n) is 0.642. The van der Waals surface area contributed by atoms with Gasteiger partial charge in [0.05, 0.1) is 6.00 Å². The number of nitrogens with one attached hydrogen (secondary N) is 1. The lowest BCUT2D eigenvalue weighted by atomic mass is 10.2. The fourth-order valence-corrected chi connectivity index (χ4v) is 1.30. The molecule has 0 saturated carbocycles. The molecular weight excluding hydrogens is 186 g/mol. The Hall–Kier alpha value is 0.0700. The van der Waals surface area contributed by atoms with Crippen molar-refractivity contribution < 1.29 is 9.90 Å². The van der Waals surface area contributed by atoms with Crippen LogP contribution in [0.5, 0.6) is 0 Å². The first kappa shape index (κ1) is 11.1. The van der Waals surface area contributed by atoms with Crippen LogP contribution in [0.15, 0.2) is 0 Å². The average molecular weight is 198 g/mol. The molecule has 11 heavy (non-hydrogen) atoms. The van der Waals surface area contributed by atoms with Gasteiger partial charge in [-0.2, -0.15) is 11.8 Å². The molecule has 0 radical (unpaired) electrons. The zero-order valence-corrected chi connectivity index (χ0v) is 7.91. The maximum absolute atomic E-state index is 10.5. The Kier molecular flexibility index (Phi) is 6.80. The van der Waals surface area contributed by atoms with Crippen LogP contribution in [-0.2, 0) is 4.79 Å². The number of aliphatic carboxylic acids is 1. The van der Waals surface area contributed by atoms with Crippen LogP contribution in [0.1, 0.15) is 6.42 Å². The van der Waals surface area contributed by atoms with Crippen molar-refractivity contribution in [2.45, 2.75) is 12.5 Å². The second-order valence-electron chi connectivity index (χ2n) is 2.01. The zero-order chi connectivity index (χ0) is 8.69. The number of rotatable bonds is 6. The van der Waals surface area contributed by atoms with E-state index in [1.165, 1.54) is 0 Å². The van der Waals surface area contributed by atoms with Crippen LogP contribution < -0.4 is 5.32 Å². The van der Waals surface area contributed by atoms with Crippen LogP contribution in [0.3, 0.4) is 0 Å². The number of alkyl halides is 1. The molecule has 0 aromatic carbocycles. The molecule has 0 saturated heterocycles. The Morgan fingerprint density at radius 2 is 2.45 bits per heavy atom. The summed E-state index contributed by atoms with van der Waals surface area (Å²) in [5.74, 6) is 0.000571. The molecule has 0 unspecified atom stereocenters. The molecular formula is C6H12ClNO2S. The number of hydrogen-bond acceptors (Lipinski definition) is 3. The quantitative estimate of drug-likeness (QED) is 0.493. The van der Waals surface area contributed by atoms with E-state index in [1.54, 1.807) is 11.8 Å². The van der Waals surface area contributed by atoms with Gasteiger partial charge in [0.15, 0.2) is 0 Å². The number of thioether (sulfide) groups is 1. The van der Waals surface area contributed by atoms with E-state index >= 15 is 0 Å². The number of hydrogen-bond donors (Lipinski definition) is 2. The summed E-state index contributed by atoms with van der Waals surface area (Å²) >= 11 is 6.96. The molecule has 0 aliphatic carbocycles. The van der Waals surface area contributed by atoms with Crippen molar-refractivity contribution in [3.05, 3.63) is 0 Å². The maximum Gasteiger partial charge on any atom is 0.320 e. The minimum atomic E-state index is -0.834. The Labute approximate surface area is 75.5 Å². The van der Waals surface area contributed by atoms with Crippen molar-refractivity contribution in [1.82, 2.24) is 5.32 Å². The Morgan fingerprint density at radius 3 is 2.82 bits per heavy atom. The van der Waals surface area contributed by atoms with E-state index in [0.717, 1.165) is 5.75 Å². The molecule has 0 amide bonds. The highest BCUT2D eigenvalue weighted by Crippen LogP contribution is 2.00. The van der Waals surface area contributed by atoms with E-state index < -0.39 is 12.0 Å². The Balaban J connectivity index is 3.60. The number of carboxylic acid groups (broad SMARTS) is 1. The van der Waals surface area contributed by atoms with Crippen molar-refractivity contribution in [2.24, 2.45) is 0 Å². The van der Waals surface area contributed by atoms with Gasteiger partial charge in [-0.1, -0.05) is 0 Å². The van der Waals surface area contributed by atoms with Crippen LogP contribution in [0.4, 0.5) is 0 Å². The van der Waals surface area contributed by atoms with Gasteiger partial charge in [0.25, 0.3) is 0 Å². The summed E-state index contributed by atoms with van der Waals surface area (Å²) in [4.78, 5) is 10.5. The molecule has 0 spiro atoms. The molecule has 1 atom stereocenters. The number of carboxylic acids is 1. The summed E-state index contributed by atoms with van der Waals surface area (Å²) in [6, 6.07) is -0.314. The first-order valence-electron chi connectivity index (χ1n) is 3.23. The van der Waals surface area contributed by atoms with Crippen molar-refractivity contribution >= 4 is 29.3 Å². The molecule has 0 rings (SSSR count). The molecule has 0 aliphatic heterocycles. The molecule has 5 heteroatoms. The smallest absolute Gasteiger partial charge is 0.320 e. The van der Waals surface area contributed by atoms with Gasteiger partial charge < -0.3 is 5.11 Å². The lowest BCUT2D eigenvalue weighted by Crippen LogP contribution is -2.36. The minimum absolute atomic E-state index is 0.186. The first-order chi connectivity index (χ1) is 5.22. The Bertz CT molecular complexity index is 123. The molecule has 0 bridgehead atoms. The highest BCUT2D eigenvalue weighted by molar-refractivity contribution is 7.98. The van der Waals surface area contributed by atoms with Crippen LogP contribution in [0, 0.1) is 0 Å². The van der Waals surface area contributed by atoms with E-state index in [2.05, 4.69) is 5.32 Å². The molecule has 0 aromatic heterocycles. The predicted octanol–water partition coefficient (Wildman–Crippen LogP) is 0.979.